The van der Waals surface area contributed by atoms with E-state index in [9.17, 15) is 14.4 Å². The van der Waals surface area contributed by atoms with E-state index in [0.717, 1.165) is 12.0 Å². The van der Waals surface area contributed by atoms with Gasteiger partial charge in [-0.15, -0.1) is 0 Å². The minimum atomic E-state index is -0.678. The molecule has 0 aromatic heterocycles. The number of rotatable bonds is 5. The molecule has 1 aromatic rings. The van der Waals surface area contributed by atoms with Gasteiger partial charge >= 0.3 is 5.97 Å². The number of amides is 2. The van der Waals surface area contributed by atoms with Crippen molar-refractivity contribution in [1.82, 2.24) is 10.2 Å². The Morgan fingerprint density at radius 1 is 1.23 bits per heavy atom. The first-order valence-electron chi connectivity index (χ1n) is 8.98. The van der Waals surface area contributed by atoms with Gasteiger partial charge in [-0.2, -0.15) is 0 Å². The molecule has 1 aromatic carbocycles. The van der Waals surface area contributed by atoms with Crippen molar-refractivity contribution in [3.63, 3.8) is 0 Å². The van der Waals surface area contributed by atoms with Gasteiger partial charge in [0.15, 0.2) is 0 Å². The summed E-state index contributed by atoms with van der Waals surface area (Å²) in [7, 11) is 0. The van der Waals surface area contributed by atoms with E-state index in [0.29, 0.717) is 13.0 Å². The number of nitrogens with zero attached hydrogens (tertiary/aromatic N) is 1. The zero-order valence-electron chi connectivity index (χ0n) is 16.0. The SMILES string of the molecule is CC(=O)NC(C(=O)N1CCCC1C(=O)OCc1ccccc1)C(C)(C)C. The molecular formula is C20H28N2O4. The average Bonchev–Trinajstić information content (AvgIpc) is 3.06. The second-order valence-corrected chi connectivity index (χ2v) is 7.78. The van der Waals surface area contributed by atoms with Gasteiger partial charge in [0.2, 0.25) is 11.8 Å². The van der Waals surface area contributed by atoms with Crippen LogP contribution in [0.2, 0.25) is 0 Å². The third-order valence-electron chi connectivity index (χ3n) is 4.49. The Labute approximate surface area is 154 Å². The van der Waals surface area contributed by atoms with E-state index < -0.39 is 23.5 Å². The number of likely N-dealkylation sites (tertiary alicyclic amines) is 1. The molecule has 0 radical (unpaired) electrons. The summed E-state index contributed by atoms with van der Waals surface area (Å²) in [5, 5.41) is 2.73. The summed E-state index contributed by atoms with van der Waals surface area (Å²) >= 11 is 0. The van der Waals surface area contributed by atoms with Crippen LogP contribution in [0.3, 0.4) is 0 Å². The van der Waals surface area contributed by atoms with E-state index in [2.05, 4.69) is 5.32 Å². The summed E-state index contributed by atoms with van der Waals surface area (Å²) in [6.07, 6.45) is 1.32. The summed E-state index contributed by atoms with van der Waals surface area (Å²) in [6.45, 7) is 7.75. The lowest BCUT2D eigenvalue weighted by Crippen LogP contribution is -2.56. The summed E-state index contributed by atoms with van der Waals surface area (Å²) < 4.78 is 5.42. The van der Waals surface area contributed by atoms with Gasteiger partial charge in [-0.05, 0) is 23.8 Å². The molecule has 2 unspecified atom stereocenters. The highest BCUT2D eigenvalue weighted by Gasteiger charge is 2.42. The number of benzene rings is 1. The van der Waals surface area contributed by atoms with Gasteiger partial charge in [0.25, 0.3) is 0 Å². The maximum Gasteiger partial charge on any atom is 0.329 e. The molecule has 6 heteroatoms. The first kappa shape index (κ1) is 19.9. The van der Waals surface area contributed by atoms with E-state index >= 15 is 0 Å². The van der Waals surface area contributed by atoms with Crippen LogP contribution in [0, 0.1) is 5.41 Å². The van der Waals surface area contributed by atoms with Gasteiger partial charge in [-0.3, -0.25) is 9.59 Å². The van der Waals surface area contributed by atoms with Crippen molar-refractivity contribution >= 4 is 17.8 Å². The fourth-order valence-corrected chi connectivity index (χ4v) is 3.12. The summed E-state index contributed by atoms with van der Waals surface area (Å²) in [5.74, 6) is -0.886. The lowest BCUT2D eigenvalue weighted by atomic mass is 9.85. The number of hydrogen-bond acceptors (Lipinski definition) is 4. The molecule has 2 rings (SSSR count). The van der Waals surface area contributed by atoms with Gasteiger partial charge in [-0.1, -0.05) is 51.1 Å². The standard InChI is InChI=1S/C20H28N2O4/c1-14(23)21-17(20(2,3)4)18(24)22-12-8-11-16(22)19(25)26-13-15-9-6-5-7-10-15/h5-7,9-10,16-17H,8,11-13H2,1-4H3,(H,21,23). The molecular weight excluding hydrogens is 332 g/mol. The molecule has 142 valence electrons. The molecule has 1 aliphatic heterocycles. The Morgan fingerprint density at radius 3 is 2.46 bits per heavy atom. The van der Waals surface area contributed by atoms with Gasteiger partial charge in [0.1, 0.15) is 18.7 Å². The maximum absolute atomic E-state index is 13.0. The van der Waals surface area contributed by atoms with Crippen LogP contribution in [0.4, 0.5) is 0 Å². The first-order chi connectivity index (χ1) is 12.2. The summed E-state index contributed by atoms with van der Waals surface area (Å²) in [6, 6.07) is 8.17. The lowest BCUT2D eigenvalue weighted by Gasteiger charge is -2.35. The van der Waals surface area contributed by atoms with Gasteiger partial charge in [-0.25, -0.2) is 4.79 Å². The number of carbonyl (C=O) groups is 3. The number of nitrogens with one attached hydrogen (secondary N) is 1. The average molecular weight is 360 g/mol. The van der Waals surface area contributed by atoms with Crippen LogP contribution in [0.5, 0.6) is 0 Å². The van der Waals surface area contributed by atoms with E-state index in [4.69, 9.17) is 4.74 Å². The fraction of sp³-hybridized carbons (Fsp3) is 0.550. The molecule has 1 heterocycles. The van der Waals surface area contributed by atoms with Crippen molar-refractivity contribution in [2.45, 2.75) is 59.2 Å². The van der Waals surface area contributed by atoms with Crippen LogP contribution in [0.1, 0.15) is 46.1 Å². The number of carbonyl (C=O) groups excluding carboxylic acids is 3. The van der Waals surface area contributed by atoms with Crippen molar-refractivity contribution in [3.05, 3.63) is 35.9 Å². The minimum absolute atomic E-state index is 0.187. The molecule has 0 spiro atoms. The normalized spacial score (nSPS) is 18.3. The van der Waals surface area contributed by atoms with Crippen molar-refractivity contribution < 1.29 is 19.1 Å². The lowest BCUT2D eigenvalue weighted by molar-refractivity contribution is -0.156. The third kappa shape index (κ3) is 5.07. The Balaban J connectivity index is 2.06. The monoisotopic (exact) mass is 360 g/mol. The molecule has 1 aliphatic rings. The summed E-state index contributed by atoms with van der Waals surface area (Å²) in [5.41, 5.74) is 0.451. The molecule has 6 nitrogen and oxygen atoms in total. The minimum Gasteiger partial charge on any atom is -0.459 e. The molecule has 1 saturated heterocycles. The maximum atomic E-state index is 13.0. The largest absolute Gasteiger partial charge is 0.459 e. The number of ether oxygens (including phenoxy) is 1. The van der Waals surface area contributed by atoms with Crippen molar-refractivity contribution in [1.29, 1.82) is 0 Å². The molecule has 2 atom stereocenters. The number of esters is 1. The van der Waals surface area contributed by atoms with Crippen molar-refractivity contribution in [2.75, 3.05) is 6.54 Å². The van der Waals surface area contributed by atoms with Crippen molar-refractivity contribution in [3.8, 4) is 0 Å². The number of hydrogen-bond donors (Lipinski definition) is 1. The third-order valence-corrected chi connectivity index (χ3v) is 4.49. The van der Waals surface area contributed by atoms with Crippen LogP contribution < -0.4 is 5.32 Å². The fourth-order valence-electron chi connectivity index (χ4n) is 3.12. The van der Waals surface area contributed by atoms with Gasteiger partial charge in [0.05, 0.1) is 0 Å². The molecule has 0 saturated carbocycles. The van der Waals surface area contributed by atoms with E-state index in [-0.39, 0.29) is 18.4 Å². The highest BCUT2D eigenvalue weighted by atomic mass is 16.5. The predicted molar refractivity (Wildman–Crippen MR) is 98.0 cm³/mol. The summed E-state index contributed by atoms with van der Waals surface area (Å²) in [4.78, 5) is 38.6. The topological polar surface area (TPSA) is 75.7 Å². The Hall–Kier alpha value is -2.37. The quantitative estimate of drug-likeness (QED) is 0.818. The van der Waals surface area contributed by atoms with Gasteiger partial charge < -0.3 is 15.0 Å². The van der Waals surface area contributed by atoms with E-state index in [1.54, 1.807) is 4.90 Å². The Morgan fingerprint density at radius 2 is 1.88 bits per heavy atom. The van der Waals surface area contributed by atoms with Crippen LogP contribution in [0.25, 0.3) is 0 Å². The van der Waals surface area contributed by atoms with Crippen LogP contribution in [-0.4, -0.2) is 41.3 Å². The highest BCUT2D eigenvalue weighted by Crippen LogP contribution is 2.26. The van der Waals surface area contributed by atoms with Crippen molar-refractivity contribution in [2.24, 2.45) is 5.41 Å². The van der Waals surface area contributed by atoms with Crippen LogP contribution >= 0.6 is 0 Å². The van der Waals surface area contributed by atoms with E-state index in [1.807, 2.05) is 51.1 Å². The second-order valence-electron chi connectivity index (χ2n) is 7.78. The van der Waals surface area contributed by atoms with Crippen LogP contribution in [0.15, 0.2) is 30.3 Å². The zero-order valence-corrected chi connectivity index (χ0v) is 16.0. The van der Waals surface area contributed by atoms with E-state index in [1.165, 1.54) is 6.92 Å². The molecule has 26 heavy (non-hydrogen) atoms. The Kier molecular flexibility index (Phi) is 6.40. The Bertz CT molecular complexity index is 652. The van der Waals surface area contributed by atoms with Crippen LogP contribution in [-0.2, 0) is 25.7 Å². The molecule has 2 amide bonds. The predicted octanol–water partition coefficient (Wildman–Crippen LogP) is 2.27. The first-order valence-corrected chi connectivity index (χ1v) is 8.98. The molecule has 0 bridgehead atoms. The molecule has 1 N–H and O–H groups in total. The molecule has 0 aliphatic carbocycles. The van der Waals surface area contributed by atoms with Gasteiger partial charge in [0, 0.05) is 13.5 Å². The molecule has 1 fully saturated rings. The highest BCUT2D eigenvalue weighted by molar-refractivity contribution is 5.91. The zero-order chi connectivity index (χ0) is 19.3. The second kappa shape index (κ2) is 8.34. The smallest absolute Gasteiger partial charge is 0.329 e.